The standard InChI is InChI=1S/C26H26F3N3O4/c27-26(28,29)17-4-6-20-15(2-1-9-36-23(20)12-17)11-24(34)30-18-5-3-16-10-22(25(35)31-21(16)13-18)32-8-7-19(33)14-32/h3-6,11-13,19,22,33H,1-2,7-10,14H2,(H,30,34)(H,31,35)/t19-,22?/m1/s1. The number of alkyl halides is 3. The fourth-order valence-electron chi connectivity index (χ4n) is 4.96. The normalized spacial score (nSPS) is 23.3. The number of hydrogen-bond donors (Lipinski definition) is 3. The zero-order chi connectivity index (χ0) is 25.4. The van der Waals surface area contributed by atoms with E-state index in [-0.39, 0.29) is 24.3 Å². The van der Waals surface area contributed by atoms with Crippen molar-refractivity contribution in [3.05, 3.63) is 59.2 Å². The van der Waals surface area contributed by atoms with Crippen molar-refractivity contribution in [2.75, 3.05) is 30.3 Å². The lowest BCUT2D eigenvalue weighted by Crippen LogP contribution is -2.47. The summed E-state index contributed by atoms with van der Waals surface area (Å²) in [6.45, 7) is 1.40. The molecular weight excluding hydrogens is 475 g/mol. The van der Waals surface area contributed by atoms with Gasteiger partial charge in [0.15, 0.2) is 0 Å². The Morgan fingerprint density at radius 3 is 2.81 bits per heavy atom. The molecule has 10 heteroatoms. The Kier molecular flexibility index (Phi) is 6.48. The van der Waals surface area contributed by atoms with Crippen LogP contribution in [0.25, 0.3) is 5.57 Å². The molecule has 0 aromatic heterocycles. The van der Waals surface area contributed by atoms with E-state index in [1.165, 1.54) is 12.1 Å². The van der Waals surface area contributed by atoms with E-state index in [4.69, 9.17) is 4.74 Å². The number of fused-ring (bicyclic) bond motifs is 2. The van der Waals surface area contributed by atoms with Crippen molar-refractivity contribution < 1.29 is 32.6 Å². The van der Waals surface area contributed by atoms with E-state index in [0.29, 0.717) is 61.3 Å². The maximum absolute atomic E-state index is 13.1. The van der Waals surface area contributed by atoms with Crippen molar-refractivity contribution in [2.24, 2.45) is 0 Å². The SMILES string of the molecule is O=C(C=C1CCCOc2cc(C(F)(F)F)ccc21)Nc1ccc2c(c1)NC(=O)C(N1CC[C@@H](O)C1)C2. The lowest BCUT2D eigenvalue weighted by Gasteiger charge is -2.31. The molecule has 0 bridgehead atoms. The molecule has 2 atom stereocenters. The Hall–Kier alpha value is -3.37. The summed E-state index contributed by atoms with van der Waals surface area (Å²) in [6.07, 6.45) is -1.30. The van der Waals surface area contributed by atoms with Crippen molar-refractivity contribution in [3.63, 3.8) is 0 Å². The molecule has 36 heavy (non-hydrogen) atoms. The molecular formula is C26H26F3N3O4. The van der Waals surface area contributed by atoms with E-state index in [9.17, 15) is 27.9 Å². The highest BCUT2D eigenvalue weighted by Gasteiger charge is 2.35. The Balaban J connectivity index is 1.31. The first-order valence-corrected chi connectivity index (χ1v) is 11.9. The third-order valence-corrected chi connectivity index (χ3v) is 6.79. The second-order valence-corrected chi connectivity index (χ2v) is 9.34. The number of amides is 2. The smallest absolute Gasteiger partial charge is 0.416 e. The van der Waals surface area contributed by atoms with E-state index < -0.39 is 23.8 Å². The van der Waals surface area contributed by atoms with Gasteiger partial charge < -0.3 is 20.5 Å². The fourth-order valence-corrected chi connectivity index (χ4v) is 4.96. The molecule has 0 aliphatic carbocycles. The first-order chi connectivity index (χ1) is 17.2. The minimum Gasteiger partial charge on any atom is -0.493 e. The van der Waals surface area contributed by atoms with Gasteiger partial charge in [0.1, 0.15) is 5.75 Å². The van der Waals surface area contributed by atoms with Crippen molar-refractivity contribution in [1.29, 1.82) is 0 Å². The zero-order valence-electron chi connectivity index (χ0n) is 19.4. The van der Waals surface area contributed by atoms with Gasteiger partial charge in [-0.3, -0.25) is 14.5 Å². The number of likely N-dealkylation sites (tertiary alicyclic amines) is 1. The topological polar surface area (TPSA) is 90.9 Å². The van der Waals surface area contributed by atoms with Gasteiger partial charge in [0.05, 0.1) is 24.3 Å². The van der Waals surface area contributed by atoms with Gasteiger partial charge in [-0.05, 0) is 61.1 Å². The number of halogens is 3. The molecule has 0 saturated carbocycles. The van der Waals surface area contributed by atoms with E-state index >= 15 is 0 Å². The number of anilines is 2. The molecule has 190 valence electrons. The second-order valence-electron chi connectivity index (χ2n) is 9.34. The number of β-amino-alcohol motifs (C(OH)–C–C–N with tert-alkyl or cyclic N) is 1. The van der Waals surface area contributed by atoms with Gasteiger partial charge >= 0.3 is 6.18 Å². The number of ether oxygens (including phenoxy) is 1. The first kappa shape index (κ1) is 24.3. The van der Waals surface area contributed by atoms with Crippen LogP contribution in [0.2, 0.25) is 0 Å². The van der Waals surface area contributed by atoms with Gasteiger partial charge in [-0.1, -0.05) is 12.1 Å². The summed E-state index contributed by atoms with van der Waals surface area (Å²) in [5.74, 6) is -0.461. The largest absolute Gasteiger partial charge is 0.493 e. The predicted octanol–water partition coefficient (Wildman–Crippen LogP) is 3.83. The highest BCUT2D eigenvalue weighted by atomic mass is 19.4. The Labute approximate surface area is 205 Å². The van der Waals surface area contributed by atoms with Crippen LogP contribution in [0.1, 0.15) is 36.0 Å². The second kappa shape index (κ2) is 9.59. The number of nitrogens with zero attached hydrogens (tertiary/aromatic N) is 1. The summed E-state index contributed by atoms with van der Waals surface area (Å²) in [7, 11) is 0. The predicted molar refractivity (Wildman–Crippen MR) is 128 cm³/mol. The highest BCUT2D eigenvalue weighted by Crippen LogP contribution is 2.38. The van der Waals surface area contributed by atoms with Crippen LogP contribution in [0.3, 0.4) is 0 Å². The van der Waals surface area contributed by atoms with Crippen molar-refractivity contribution in [3.8, 4) is 5.75 Å². The third-order valence-electron chi connectivity index (χ3n) is 6.79. The Morgan fingerprint density at radius 2 is 2.06 bits per heavy atom. The Morgan fingerprint density at radius 1 is 1.22 bits per heavy atom. The van der Waals surface area contributed by atoms with E-state index in [2.05, 4.69) is 10.6 Å². The number of benzene rings is 2. The van der Waals surface area contributed by atoms with E-state index in [1.54, 1.807) is 12.1 Å². The number of aliphatic hydroxyl groups excluding tert-OH is 1. The minimum absolute atomic E-state index is 0.109. The monoisotopic (exact) mass is 501 g/mol. The molecule has 2 amide bonds. The van der Waals surface area contributed by atoms with Crippen LogP contribution in [0.5, 0.6) is 5.75 Å². The first-order valence-electron chi connectivity index (χ1n) is 11.9. The number of hydrogen-bond acceptors (Lipinski definition) is 5. The number of aliphatic hydroxyl groups is 1. The quantitative estimate of drug-likeness (QED) is 0.557. The molecule has 2 aromatic rings. The maximum atomic E-state index is 13.1. The van der Waals surface area contributed by atoms with E-state index in [1.807, 2.05) is 11.0 Å². The van der Waals surface area contributed by atoms with Gasteiger partial charge in [-0.15, -0.1) is 0 Å². The average Bonchev–Trinajstić information content (AvgIpc) is 3.15. The summed E-state index contributed by atoms with van der Waals surface area (Å²) in [4.78, 5) is 27.4. The summed E-state index contributed by atoms with van der Waals surface area (Å²) in [5.41, 5.74) is 2.30. The van der Waals surface area contributed by atoms with Gasteiger partial charge in [0.2, 0.25) is 11.8 Å². The molecule has 1 saturated heterocycles. The molecule has 3 aliphatic rings. The van der Waals surface area contributed by atoms with E-state index in [0.717, 1.165) is 17.7 Å². The zero-order valence-corrected chi connectivity index (χ0v) is 19.4. The molecule has 0 radical (unpaired) electrons. The lowest BCUT2D eigenvalue weighted by molar-refractivity contribution is -0.137. The van der Waals surface area contributed by atoms with Crippen LogP contribution < -0.4 is 15.4 Å². The van der Waals surface area contributed by atoms with Crippen LogP contribution >= 0.6 is 0 Å². The fraction of sp³-hybridized carbons (Fsp3) is 0.385. The minimum atomic E-state index is -4.48. The van der Waals surface area contributed by atoms with Crippen LogP contribution in [0, 0.1) is 0 Å². The Bertz CT molecular complexity index is 1230. The summed E-state index contributed by atoms with van der Waals surface area (Å²) in [5, 5.41) is 15.5. The number of carbonyl (C=O) groups is 2. The van der Waals surface area contributed by atoms with Crippen molar-refractivity contribution in [2.45, 2.75) is 44.0 Å². The molecule has 1 fully saturated rings. The summed E-state index contributed by atoms with van der Waals surface area (Å²) in [6, 6.07) is 8.25. The summed E-state index contributed by atoms with van der Waals surface area (Å²) >= 11 is 0. The number of allylic oxidation sites excluding steroid dienone is 1. The van der Waals surface area contributed by atoms with Crippen LogP contribution in [0.15, 0.2) is 42.5 Å². The number of nitrogens with one attached hydrogen (secondary N) is 2. The maximum Gasteiger partial charge on any atom is 0.416 e. The molecule has 2 aromatic carbocycles. The molecule has 3 N–H and O–H groups in total. The van der Waals surface area contributed by atoms with Crippen molar-refractivity contribution in [1.82, 2.24) is 4.90 Å². The average molecular weight is 502 g/mol. The van der Waals surface area contributed by atoms with Gasteiger partial charge in [-0.2, -0.15) is 13.2 Å². The molecule has 1 unspecified atom stereocenters. The highest BCUT2D eigenvalue weighted by molar-refractivity contribution is 6.05. The van der Waals surface area contributed by atoms with Crippen molar-refractivity contribution >= 4 is 28.8 Å². The molecule has 3 aliphatic heterocycles. The summed E-state index contributed by atoms with van der Waals surface area (Å²) < 4.78 is 44.8. The van der Waals surface area contributed by atoms with Gasteiger partial charge in [-0.25, -0.2) is 0 Å². The molecule has 0 spiro atoms. The van der Waals surface area contributed by atoms with Gasteiger partial charge in [0, 0.05) is 36.1 Å². The molecule has 7 nitrogen and oxygen atoms in total. The van der Waals surface area contributed by atoms with Crippen LogP contribution in [-0.4, -0.2) is 53.7 Å². The van der Waals surface area contributed by atoms with Gasteiger partial charge in [0.25, 0.3) is 0 Å². The lowest BCUT2D eigenvalue weighted by atomic mass is 9.97. The molecule has 3 heterocycles. The van der Waals surface area contributed by atoms with Crippen LogP contribution in [-0.2, 0) is 22.2 Å². The number of carbonyl (C=O) groups excluding carboxylic acids is 2. The third kappa shape index (κ3) is 5.10. The number of rotatable bonds is 3. The molecule has 5 rings (SSSR count). The van der Waals surface area contributed by atoms with Crippen LogP contribution in [0.4, 0.5) is 24.5 Å².